The summed E-state index contributed by atoms with van der Waals surface area (Å²) < 4.78 is 13.0. The Labute approximate surface area is 92.2 Å². The third-order valence-corrected chi connectivity index (χ3v) is 2.36. The number of imide groups is 1. The van der Waals surface area contributed by atoms with E-state index in [1.165, 1.54) is 12.1 Å². The average Bonchev–Trinajstić information content (AvgIpc) is 2.43. The summed E-state index contributed by atoms with van der Waals surface area (Å²) in [7, 11) is 0. The number of hydrogen-bond donors (Lipinski definition) is 0. The summed E-state index contributed by atoms with van der Waals surface area (Å²) in [5, 5.41) is 0. The standard InChI is InChI=1S/C12H10FNO2/c1-7(2)6-14-11(15)9-4-3-8(13)5-10(9)12(14)16/h3-5H,1,6H2,2H3. The molecule has 1 heterocycles. The number of nitrogens with zero attached hydrogens (tertiary/aromatic N) is 1. The Kier molecular flexibility index (Phi) is 2.34. The van der Waals surface area contributed by atoms with Crippen molar-refractivity contribution in [3.8, 4) is 0 Å². The molecule has 0 unspecified atom stereocenters. The van der Waals surface area contributed by atoms with Gasteiger partial charge in [0.15, 0.2) is 0 Å². The Hall–Kier alpha value is -1.97. The lowest BCUT2D eigenvalue weighted by atomic mass is 10.1. The van der Waals surface area contributed by atoms with E-state index in [1.807, 2.05) is 0 Å². The molecule has 1 aromatic rings. The van der Waals surface area contributed by atoms with E-state index >= 15 is 0 Å². The normalized spacial score (nSPS) is 14.2. The molecule has 0 atom stereocenters. The zero-order valence-electron chi connectivity index (χ0n) is 8.79. The SMILES string of the molecule is C=C(C)CN1C(=O)c2ccc(F)cc2C1=O. The number of hydrogen-bond acceptors (Lipinski definition) is 2. The van der Waals surface area contributed by atoms with Crippen LogP contribution < -0.4 is 0 Å². The first-order valence-corrected chi connectivity index (χ1v) is 4.81. The average molecular weight is 219 g/mol. The predicted molar refractivity (Wildman–Crippen MR) is 56.6 cm³/mol. The van der Waals surface area contributed by atoms with Crippen LogP contribution in [0.15, 0.2) is 30.4 Å². The minimum atomic E-state index is -0.517. The fraction of sp³-hybridized carbons (Fsp3) is 0.167. The lowest BCUT2D eigenvalue weighted by Gasteiger charge is -2.12. The molecule has 0 aromatic heterocycles. The molecule has 0 radical (unpaired) electrons. The van der Waals surface area contributed by atoms with Crippen molar-refractivity contribution in [2.24, 2.45) is 0 Å². The summed E-state index contributed by atoms with van der Waals surface area (Å²) in [6.07, 6.45) is 0. The second-order valence-corrected chi connectivity index (χ2v) is 3.84. The zero-order valence-corrected chi connectivity index (χ0v) is 8.79. The fourth-order valence-electron chi connectivity index (χ4n) is 1.68. The summed E-state index contributed by atoms with van der Waals surface area (Å²) in [6.45, 7) is 5.55. The van der Waals surface area contributed by atoms with E-state index in [0.29, 0.717) is 5.57 Å². The first kappa shape index (κ1) is 10.5. The molecule has 0 N–H and O–H groups in total. The number of benzene rings is 1. The van der Waals surface area contributed by atoms with Gasteiger partial charge in [-0.05, 0) is 25.1 Å². The van der Waals surface area contributed by atoms with Crippen molar-refractivity contribution in [2.45, 2.75) is 6.92 Å². The van der Waals surface area contributed by atoms with Crippen molar-refractivity contribution >= 4 is 11.8 Å². The molecule has 0 aliphatic carbocycles. The maximum absolute atomic E-state index is 13.0. The molecule has 2 rings (SSSR count). The first-order valence-electron chi connectivity index (χ1n) is 4.81. The molecule has 0 spiro atoms. The maximum Gasteiger partial charge on any atom is 0.261 e. The van der Waals surface area contributed by atoms with E-state index < -0.39 is 11.7 Å². The molecule has 1 aromatic carbocycles. The van der Waals surface area contributed by atoms with Crippen molar-refractivity contribution in [1.82, 2.24) is 4.90 Å². The van der Waals surface area contributed by atoms with Crippen molar-refractivity contribution in [3.05, 3.63) is 47.3 Å². The third-order valence-electron chi connectivity index (χ3n) is 2.36. The van der Waals surface area contributed by atoms with Crippen LogP contribution >= 0.6 is 0 Å². The number of carbonyl (C=O) groups is 2. The van der Waals surface area contributed by atoms with Gasteiger partial charge in [-0.15, -0.1) is 0 Å². The van der Waals surface area contributed by atoms with E-state index in [0.717, 1.165) is 11.0 Å². The Morgan fingerprint density at radius 2 is 1.94 bits per heavy atom. The molecule has 0 bridgehead atoms. The molecule has 1 aliphatic rings. The van der Waals surface area contributed by atoms with Crippen LogP contribution in [-0.2, 0) is 0 Å². The number of carbonyl (C=O) groups excluding carboxylic acids is 2. The Bertz CT molecular complexity index is 508. The predicted octanol–water partition coefficient (Wildman–Crippen LogP) is 2.00. The molecule has 3 nitrogen and oxygen atoms in total. The zero-order chi connectivity index (χ0) is 11.9. The van der Waals surface area contributed by atoms with Crippen LogP contribution in [0.2, 0.25) is 0 Å². The summed E-state index contributed by atoms with van der Waals surface area (Å²) in [5.74, 6) is -1.36. The monoisotopic (exact) mass is 219 g/mol. The molecule has 16 heavy (non-hydrogen) atoms. The fourth-order valence-corrected chi connectivity index (χ4v) is 1.68. The highest BCUT2D eigenvalue weighted by atomic mass is 19.1. The van der Waals surface area contributed by atoms with Gasteiger partial charge >= 0.3 is 0 Å². The van der Waals surface area contributed by atoms with Crippen LogP contribution in [0.1, 0.15) is 27.6 Å². The van der Waals surface area contributed by atoms with Gasteiger partial charge in [0, 0.05) is 6.54 Å². The van der Waals surface area contributed by atoms with Crippen molar-refractivity contribution in [1.29, 1.82) is 0 Å². The molecular formula is C12H10FNO2. The van der Waals surface area contributed by atoms with E-state index in [1.54, 1.807) is 6.92 Å². The Morgan fingerprint density at radius 3 is 2.56 bits per heavy atom. The minimum Gasteiger partial charge on any atom is -0.270 e. The van der Waals surface area contributed by atoms with E-state index in [9.17, 15) is 14.0 Å². The molecule has 2 amide bonds. The van der Waals surface area contributed by atoms with Gasteiger partial charge in [-0.3, -0.25) is 14.5 Å². The molecule has 4 heteroatoms. The summed E-state index contributed by atoms with van der Waals surface area (Å²) in [4.78, 5) is 24.7. The molecule has 0 saturated heterocycles. The van der Waals surface area contributed by atoms with E-state index in [2.05, 4.69) is 6.58 Å². The highest BCUT2D eigenvalue weighted by molar-refractivity contribution is 6.21. The van der Waals surface area contributed by atoms with Gasteiger partial charge in [-0.1, -0.05) is 12.2 Å². The van der Waals surface area contributed by atoms with Crippen LogP contribution in [0.3, 0.4) is 0 Å². The maximum atomic E-state index is 13.0. The Morgan fingerprint density at radius 1 is 1.31 bits per heavy atom. The van der Waals surface area contributed by atoms with Crippen LogP contribution in [0, 0.1) is 5.82 Å². The second kappa shape index (κ2) is 3.56. The number of amides is 2. The quantitative estimate of drug-likeness (QED) is 0.563. The van der Waals surface area contributed by atoms with Crippen molar-refractivity contribution in [2.75, 3.05) is 6.54 Å². The van der Waals surface area contributed by atoms with Crippen molar-refractivity contribution < 1.29 is 14.0 Å². The molecule has 0 fully saturated rings. The largest absolute Gasteiger partial charge is 0.270 e. The van der Waals surface area contributed by atoms with Crippen LogP contribution in [0.25, 0.3) is 0 Å². The van der Waals surface area contributed by atoms with Crippen molar-refractivity contribution in [3.63, 3.8) is 0 Å². The summed E-state index contributed by atoms with van der Waals surface area (Å²) in [5.41, 5.74) is 1.09. The highest BCUT2D eigenvalue weighted by Gasteiger charge is 2.35. The van der Waals surface area contributed by atoms with Gasteiger partial charge in [0.1, 0.15) is 5.82 Å². The lowest BCUT2D eigenvalue weighted by Crippen LogP contribution is -2.31. The molecular weight excluding hydrogens is 209 g/mol. The molecule has 1 aliphatic heterocycles. The lowest BCUT2D eigenvalue weighted by molar-refractivity contribution is 0.0668. The highest BCUT2D eigenvalue weighted by Crippen LogP contribution is 2.23. The van der Waals surface area contributed by atoms with Gasteiger partial charge < -0.3 is 0 Å². The third kappa shape index (κ3) is 1.52. The molecule has 0 saturated carbocycles. The summed E-state index contributed by atoms with van der Waals surface area (Å²) >= 11 is 0. The van der Waals surface area contributed by atoms with Gasteiger partial charge in [0.05, 0.1) is 11.1 Å². The number of fused-ring (bicyclic) bond motifs is 1. The van der Waals surface area contributed by atoms with E-state index in [4.69, 9.17) is 0 Å². The van der Waals surface area contributed by atoms with Crippen LogP contribution in [0.4, 0.5) is 4.39 Å². The first-order chi connectivity index (χ1) is 7.50. The van der Waals surface area contributed by atoms with Gasteiger partial charge in [-0.2, -0.15) is 0 Å². The van der Waals surface area contributed by atoms with Gasteiger partial charge in [0.25, 0.3) is 11.8 Å². The van der Waals surface area contributed by atoms with Crippen LogP contribution in [-0.4, -0.2) is 23.3 Å². The summed E-state index contributed by atoms with van der Waals surface area (Å²) in [6, 6.07) is 3.60. The van der Waals surface area contributed by atoms with E-state index in [-0.39, 0.29) is 23.6 Å². The number of rotatable bonds is 2. The van der Waals surface area contributed by atoms with Gasteiger partial charge in [0.2, 0.25) is 0 Å². The smallest absolute Gasteiger partial charge is 0.261 e. The van der Waals surface area contributed by atoms with Gasteiger partial charge in [-0.25, -0.2) is 4.39 Å². The Balaban J connectivity index is 2.44. The minimum absolute atomic E-state index is 0.131. The number of halogens is 1. The molecule has 82 valence electrons. The topological polar surface area (TPSA) is 37.4 Å². The second-order valence-electron chi connectivity index (χ2n) is 3.84. The van der Waals surface area contributed by atoms with Crippen LogP contribution in [0.5, 0.6) is 0 Å².